The monoisotopic (exact) mass is 427 g/mol. The maximum Gasteiger partial charge on any atom is 0.191 e. The fourth-order valence-electron chi connectivity index (χ4n) is 2.25. The van der Waals surface area contributed by atoms with Gasteiger partial charge in [0, 0.05) is 60.0 Å². The van der Waals surface area contributed by atoms with Crippen molar-refractivity contribution in [3.63, 3.8) is 0 Å². The summed E-state index contributed by atoms with van der Waals surface area (Å²) in [6.07, 6.45) is 0. The minimum absolute atomic E-state index is 0. The summed E-state index contributed by atoms with van der Waals surface area (Å²) in [6, 6.07) is 0. The number of nitrogens with zero attached hydrogens (tertiary/aromatic N) is 3. The first kappa shape index (κ1) is 21.9. The predicted molar refractivity (Wildman–Crippen MR) is 104 cm³/mol. The summed E-state index contributed by atoms with van der Waals surface area (Å²) in [6.45, 7) is 14.9. The fraction of sp³-hybridized carbons (Fsp3) is 0.933. The highest BCUT2D eigenvalue weighted by Crippen LogP contribution is 2.04. The van der Waals surface area contributed by atoms with Crippen molar-refractivity contribution in [2.45, 2.75) is 26.4 Å². The number of methoxy groups -OCH3 is 1. The van der Waals surface area contributed by atoms with E-state index in [4.69, 9.17) is 4.74 Å². The van der Waals surface area contributed by atoms with Crippen LogP contribution in [0.15, 0.2) is 4.99 Å². The van der Waals surface area contributed by atoms with Crippen LogP contribution < -0.4 is 10.6 Å². The average Bonchev–Trinajstić information content (AvgIpc) is 2.51. The van der Waals surface area contributed by atoms with E-state index in [2.05, 4.69) is 46.2 Å². The van der Waals surface area contributed by atoms with Crippen molar-refractivity contribution in [1.29, 1.82) is 0 Å². The molecule has 0 spiro atoms. The molecule has 0 unspecified atom stereocenters. The molecule has 0 saturated carbocycles. The Kier molecular flexibility index (Phi) is 11.4. The maximum absolute atomic E-state index is 5.39. The molecule has 0 atom stereocenters. The second-order valence-electron chi connectivity index (χ2n) is 6.09. The quantitative estimate of drug-likeness (QED) is 0.358. The molecular weight excluding hydrogens is 393 g/mol. The molecule has 132 valence electrons. The highest BCUT2D eigenvalue weighted by Gasteiger charge is 2.17. The molecule has 0 amide bonds. The molecule has 0 aromatic heterocycles. The number of aliphatic imine (C=N–C) groups is 1. The Hall–Kier alpha value is -0.120. The van der Waals surface area contributed by atoms with Crippen LogP contribution >= 0.6 is 24.0 Å². The summed E-state index contributed by atoms with van der Waals surface area (Å²) in [5.74, 6) is 0.840. The lowest BCUT2D eigenvalue weighted by molar-refractivity contribution is 0.0268. The number of likely N-dealkylation sites (N-methyl/N-ethyl adjacent to an activating group) is 1. The molecule has 1 saturated heterocycles. The lowest BCUT2D eigenvalue weighted by Crippen LogP contribution is -2.50. The minimum atomic E-state index is -0.186. The largest absolute Gasteiger partial charge is 0.377 e. The van der Waals surface area contributed by atoms with E-state index in [1.54, 1.807) is 14.2 Å². The number of halogens is 1. The first-order valence-corrected chi connectivity index (χ1v) is 7.95. The van der Waals surface area contributed by atoms with Crippen LogP contribution in [0.25, 0.3) is 0 Å². The summed E-state index contributed by atoms with van der Waals surface area (Å²) in [5, 5.41) is 6.67. The average molecular weight is 427 g/mol. The van der Waals surface area contributed by atoms with Crippen molar-refractivity contribution in [3.8, 4) is 0 Å². The van der Waals surface area contributed by atoms with Gasteiger partial charge in [-0.3, -0.25) is 9.89 Å². The van der Waals surface area contributed by atoms with Crippen molar-refractivity contribution >= 4 is 29.9 Å². The zero-order valence-electron chi connectivity index (χ0n) is 14.8. The summed E-state index contributed by atoms with van der Waals surface area (Å²) in [7, 11) is 3.53. The first-order chi connectivity index (χ1) is 10.0. The zero-order valence-corrected chi connectivity index (χ0v) is 17.1. The van der Waals surface area contributed by atoms with E-state index in [1.807, 2.05) is 0 Å². The van der Waals surface area contributed by atoms with Gasteiger partial charge in [0.1, 0.15) is 0 Å². The Morgan fingerprint density at radius 3 is 2.23 bits per heavy atom. The van der Waals surface area contributed by atoms with Gasteiger partial charge in [0.05, 0.1) is 5.60 Å². The number of hydrogen-bond acceptors (Lipinski definition) is 4. The second kappa shape index (κ2) is 11.4. The molecule has 1 aliphatic rings. The maximum atomic E-state index is 5.39. The molecule has 1 aliphatic heterocycles. The topological polar surface area (TPSA) is 52.1 Å². The number of nitrogens with one attached hydrogen (secondary N) is 2. The molecule has 6 nitrogen and oxygen atoms in total. The smallest absolute Gasteiger partial charge is 0.191 e. The Bertz CT molecular complexity index is 317. The van der Waals surface area contributed by atoms with Gasteiger partial charge >= 0.3 is 0 Å². The molecule has 1 heterocycles. The van der Waals surface area contributed by atoms with Crippen LogP contribution in [0.1, 0.15) is 20.8 Å². The highest BCUT2D eigenvalue weighted by molar-refractivity contribution is 14.0. The SMILES string of the molecule is CCN1CCN(CCNC(=NC)NCC(C)(C)OC)CC1.I. The molecule has 1 rings (SSSR count). The third-order valence-electron chi connectivity index (χ3n) is 4.09. The van der Waals surface area contributed by atoms with Crippen LogP contribution in [0.2, 0.25) is 0 Å². The van der Waals surface area contributed by atoms with E-state index in [0.717, 1.165) is 45.2 Å². The lowest BCUT2D eigenvalue weighted by atomic mass is 10.1. The summed E-state index contributed by atoms with van der Waals surface area (Å²) in [4.78, 5) is 9.25. The standard InChI is InChI=1S/C15H33N5O.HI/c1-6-19-9-11-20(12-10-19)8-7-17-14(16-4)18-13-15(2,3)21-5;/h6-13H2,1-5H3,(H2,16,17,18);1H. The molecular formula is C15H34IN5O. The molecule has 2 N–H and O–H groups in total. The van der Waals surface area contributed by atoms with Crippen molar-refractivity contribution in [1.82, 2.24) is 20.4 Å². The number of hydrogen-bond donors (Lipinski definition) is 2. The Morgan fingerprint density at radius 1 is 1.14 bits per heavy atom. The molecule has 22 heavy (non-hydrogen) atoms. The molecule has 1 fully saturated rings. The number of piperazine rings is 1. The van der Waals surface area contributed by atoms with Crippen molar-refractivity contribution in [2.24, 2.45) is 4.99 Å². The Labute approximate surface area is 153 Å². The van der Waals surface area contributed by atoms with Gasteiger partial charge < -0.3 is 20.3 Å². The van der Waals surface area contributed by atoms with Gasteiger partial charge in [-0.05, 0) is 20.4 Å². The molecule has 0 bridgehead atoms. The molecule has 0 radical (unpaired) electrons. The van der Waals surface area contributed by atoms with Crippen LogP contribution in [-0.4, -0.2) is 87.9 Å². The number of ether oxygens (including phenoxy) is 1. The van der Waals surface area contributed by atoms with Crippen LogP contribution in [0.5, 0.6) is 0 Å². The van der Waals surface area contributed by atoms with Crippen LogP contribution in [0.4, 0.5) is 0 Å². The normalized spacial score (nSPS) is 18.0. The van der Waals surface area contributed by atoms with Crippen LogP contribution in [0, 0.1) is 0 Å². The van der Waals surface area contributed by atoms with Gasteiger partial charge in [0.15, 0.2) is 5.96 Å². The molecule has 7 heteroatoms. The zero-order chi connectivity index (χ0) is 15.7. The van der Waals surface area contributed by atoms with Gasteiger partial charge in [0.2, 0.25) is 0 Å². The van der Waals surface area contributed by atoms with Gasteiger partial charge in [-0.15, -0.1) is 24.0 Å². The van der Waals surface area contributed by atoms with E-state index >= 15 is 0 Å². The highest BCUT2D eigenvalue weighted by atomic mass is 127. The third-order valence-corrected chi connectivity index (χ3v) is 4.09. The van der Waals surface area contributed by atoms with E-state index < -0.39 is 0 Å². The predicted octanol–water partition coefficient (Wildman–Crippen LogP) is 0.832. The summed E-state index contributed by atoms with van der Waals surface area (Å²) in [5.41, 5.74) is -0.186. The van der Waals surface area contributed by atoms with Crippen LogP contribution in [-0.2, 0) is 4.74 Å². The van der Waals surface area contributed by atoms with Crippen LogP contribution in [0.3, 0.4) is 0 Å². The second-order valence-corrected chi connectivity index (χ2v) is 6.09. The van der Waals surface area contributed by atoms with Gasteiger partial charge in [-0.25, -0.2) is 0 Å². The lowest BCUT2D eigenvalue weighted by Gasteiger charge is -2.34. The van der Waals surface area contributed by atoms with Crippen molar-refractivity contribution in [2.75, 3.05) is 66.5 Å². The van der Waals surface area contributed by atoms with Gasteiger partial charge in [-0.1, -0.05) is 6.92 Å². The summed E-state index contributed by atoms with van der Waals surface area (Å²) < 4.78 is 5.39. The Morgan fingerprint density at radius 2 is 1.73 bits per heavy atom. The number of guanidine groups is 1. The molecule has 0 aromatic rings. The van der Waals surface area contributed by atoms with E-state index in [9.17, 15) is 0 Å². The first-order valence-electron chi connectivity index (χ1n) is 7.95. The molecule has 0 aromatic carbocycles. The Balaban J connectivity index is 0.00000441. The number of rotatable bonds is 7. The van der Waals surface area contributed by atoms with Gasteiger partial charge in [0.25, 0.3) is 0 Å². The molecule has 0 aliphatic carbocycles. The van der Waals surface area contributed by atoms with E-state index in [0.29, 0.717) is 0 Å². The van der Waals surface area contributed by atoms with E-state index in [1.165, 1.54) is 13.1 Å². The van der Waals surface area contributed by atoms with E-state index in [-0.39, 0.29) is 29.6 Å². The van der Waals surface area contributed by atoms with Crippen molar-refractivity contribution in [3.05, 3.63) is 0 Å². The van der Waals surface area contributed by atoms with Crippen molar-refractivity contribution < 1.29 is 4.74 Å². The summed E-state index contributed by atoms with van der Waals surface area (Å²) >= 11 is 0. The minimum Gasteiger partial charge on any atom is -0.377 e. The third kappa shape index (κ3) is 8.50. The van der Waals surface area contributed by atoms with Gasteiger partial charge in [-0.2, -0.15) is 0 Å². The fourth-order valence-corrected chi connectivity index (χ4v) is 2.25.